The number of hydrogen-bond donors (Lipinski definition) is 1. The standard InChI is InChI=1S/C12H13Cl2NO2/c13-9-4-3-8(10(14)6-9)7-15-12(16)11-2-1-5-17-11/h3-4,6,11H,1-2,5,7H2,(H,15,16)/t11-/m1/s1. The van der Waals surface area contributed by atoms with Gasteiger partial charge in [-0.05, 0) is 30.5 Å². The van der Waals surface area contributed by atoms with E-state index >= 15 is 0 Å². The van der Waals surface area contributed by atoms with Crippen LogP contribution >= 0.6 is 23.2 Å². The SMILES string of the molecule is O=C(NCc1ccc(Cl)cc1Cl)[C@H]1CCCO1. The Kier molecular flexibility index (Phi) is 4.26. The second-order valence-electron chi connectivity index (χ2n) is 3.96. The number of benzene rings is 1. The highest BCUT2D eigenvalue weighted by Gasteiger charge is 2.23. The van der Waals surface area contributed by atoms with E-state index in [0.29, 0.717) is 23.2 Å². The monoisotopic (exact) mass is 273 g/mol. The van der Waals surface area contributed by atoms with E-state index in [1.165, 1.54) is 0 Å². The van der Waals surface area contributed by atoms with Gasteiger partial charge in [0.05, 0.1) is 0 Å². The summed E-state index contributed by atoms with van der Waals surface area (Å²) in [4.78, 5) is 11.7. The Balaban J connectivity index is 1.90. The van der Waals surface area contributed by atoms with Gasteiger partial charge in [0.2, 0.25) is 5.91 Å². The molecule has 1 aromatic carbocycles. The lowest BCUT2D eigenvalue weighted by atomic mass is 10.2. The van der Waals surface area contributed by atoms with Crippen molar-refractivity contribution in [3.8, 4) is 0 Å². The Labute approximate surface area is 110 Å². The molecule has 1 fully saturated rings. The zero-order chi connectivity index (χ0) is 12.3. The predicted molar refractivity (Wildman–Crippen MR) is 67.3 cm³/mol. The minimum atomic E-state index is -0.305. The van der Waals surface area contributed by atoms with Crippen molar-refractivity contribution in [2.24, 2.45) is 0 Å². The van der Waals surface area contributed by atoms with Gasteiger partial charge < -0.3 is 10.1 Å². The maximum absolute atomic E-state index is 11.7. The molecule has 0 aliphatic carbocycles. The molecule has 5 heteroatoms. The zero-order valence-corrected chi connectivity index (χ0v) is 10.7. The highest BCUT2D eigenvalue weighted by Crippen LogP contribution is 2.21. The summed E-state index contributed by atoms with van der Waals surface area (Å²) in [6.45, 7) is 1.06. The Hall–Kier alpha value is -0.770. The molecule has 1 saturated heterocycles. The summed E-state index contributed by atoms with van der Waals surface area (Å²) >= 11 is 11.8. The van der Waals surface area contributed by atoms with Crippen LogP contribution < -0.4 is 5.32 Å². The molecule has 0 bridgehead atoms. The average Bonchev–Trinajstić information content (AvgIpc) is 2.81. The minimum absolute atomic E-state index is 0.0754. The van der Waals surface area contributed by atoms with E-state index in [-0.39, 0.29) is 12.0 Å². The molecule has 1 aromatic rings. The van der Waals surface area contributed by atoms with E-state index in [1.54, 1.807) is 18.2 Å². The van der Waals surface area contributed by atoms with Crippen molar-refractivity contribution in [3.05, 3.63) is 33.8 Å². The maximum Gasteiger partial charge on any atom is 0.249 e. The number of carbonyl (C=O) groups is 1. The highest BCUT2D eigenvalue weighted by atomic mass is 35.5. The van der Waals surface area contributed by atoms with Crippen molar-refractivity contribution in [1.29, 1.82) is 0 Å². The first-order chi connectivity index (χ1) is 8.16. The molecule has 1 aliphatic rings. The number of amides is 1. The van der Waals surface area contributed by atoms with E-state index in [4.69, 9.17) is 27.9 Å². The van der Waals surface area contributed by atoms with Crippen molar-refractivity contribution in [2.45, 2.75) is 25.5 Å². The Morgan fingerprint density at radius 3 is 2.94 bits per heavy atom. The molecular weight excluding hydrogens is 261 g/mol. The van der Waals surface area contributed by atoms with Crippen LogP contribution in [0.3, 0.4) is 0 Å². The van der Waals surface area contributed by atoms with Gasteiger partial charge in [0, 0.05) is 23.2 Å². The van der Waals surface area contributed by atoms with E-state index in [2.05, 4.69) is 5.32 Å². The molecule has 1 heterocycles. The largest absolute Gasteiger partial charge is 0.368 e. The molecule has 17 heavy (non-hydrogen) atoms. The molecule has 0 aromatic heterocycles. The van der Waals surface area contributed by atoms with Crippen LogP contribution in [-0.2, 0) is 16.1 Å². The number of rotatable bonds is 3. The molecule has 0 unspecified atom stereocenters. The topological polar surface area (TPSA) is 38.3 Å². The van der Waals surface area contributed by atoms with Crippen LogP contribution in [0, 0.1) is 0 Å². The predicted octanol–water partition coefficient (Wildman–Crippen LogP) is 2.79. The number of halogens is 2. The van der Waals surface area contributed by atoms with Gasteiger partial charge in [0.15, 0.2) is 0 Å². The van der Waals surface area contributed by atoms with E-state index < -0.39 is 0 Å². The van der Waals surface area contributed by atoms with Crippen molar-refractivity contribution in [1.82, 2.24) is 5.32 Å². The number of ether oxygens (including phenoxy) is 1. The molecule has 1 atom stereocenters. The third-order valence-electron chi connectivity index (χ3n) is 2.69. The fraction of sp³-hybridized carbons (Fsp3) is 0.417. The molecule has 1 N–H and O–H groups in total. The van der Waals surface area contributed by atoms with Gasteiger partial charge in [-0.15, -0.1) is 0 Å². The third-order valence-corrected chi connectivity index (χ3v) is 3.28. The van der Waals surface area contributed by atoms with Crippen LogP contribution in [0.5, 0.6) is 0 Å². The van der Waals surface area contributed by atoms with Crippen LogP contribution in [0.4, 0.5) is 0 Å². The molecule has 0 radical (unpaired) electrons. The lowest BCUT2D eigenvalue weighted by molar-refractivity contribution is -0.130. The van der Waals surface area contributed by atoms with Gasteiger partial charge in [-0.3, -0.25) is 4.79 Å². The molecule has 3 nitrogen and oxygen atoms in total. The molecular formula is C12H13Cl2NO2. The summed E-state index contributed by atoms with van der Waals surface area (Å²) in [6, 6.07) is 5.22. The van der Waals surface area contributed by atoms with Crippen LogP contribution in [0.1, 0.15) is 18.4 Å². The van der Waals surface area contributed by atoms with Crippen molar-refractivity contribution in [2.75, 3.05) is 6.61 Å². The van der Waals surface area contributed by atoms with E-state index in [9.17, 15) is 4.79 Å². The summed E-state index contributed by atoms with van der Waals surface area (Å²) in [5, 5.41) is 3.96. The molecule has 92 valence electrons. The second-order valence-corrected chi connectivity index (χ2v) is 4.80. The maximum atomic E-state index is 11.7. The average molecular weight is 274 g/mol. The van der Waals surface area contributed by atoms with E-state index in [0.717, 1.165) is 18.4 Å². The van der Waals surface area contributed by atoms with Gasteiger partial charge in [0.1, 0.15) is 6.10 Å². The first kappa shape index (κ1) is 12.7. The third kappa shape index (κ3) is 3.35. The lowest BCUT2D eigenvalue weighted by Gasteiger charge is -2.11. The molecule has 0 spiro atoms. The van der Waals surface area contributed by atoms with Crippen molar-refractivity contribution < 1.29 is 9.53 Å². The summed E-state index contributed by atoms with van der Waals surface area (Å²) in [7, 11) is 0. The molecule has 2 rings (SSSR count). The first-order valence-electron chi connectivity index (χ1n) is 5.50. The smallest absolute Gasteiger partial charge is 0.249 e. The van der Waals surface area contributed by atoms with Gasteiger partial charge in [-0.1, -0.05) is 29.3 Å². The fourth-order valence-corrected chi connectivity index (χ4v) is 2.22. The normalized spacial score (nSPS) is 19.3. The summed E-state index contributed by atoms with van der Waals surface area (Å²) in [5.74, 6) is -0.0754. The van der Waals surface area contributed by atoms with Crippen LogP contribution in [0.2, 0.25) is 10.0 Å². The summed E-state index contributed by atoms with van der Waals surface area (Å²) < 4.78 is 5.29. The Morgan fingerprint density at radius 2 is 2.29 bits per heavy atom. The zero-order valence-electron chi connectivity index (χ0n) is 9.21. The van der Waals surface area contributed by atoms with Crippen LogP contribution in [0.25, 0.3) is 0 Å². The quantitative estimate of drug-likeness (QED) is 0.920. The van der Waals surface area contributed by atoms with E-state index in [1.807, 2.05) is 0 Å². The highest BCUT2D eigenvalue weighted by molar-refractivity contribution is 6.35. The first-order valence-corrected chi connectivity index (χ1v) is 6.25. The van der Waals surface area contributed by atoms with Gasteiger partial charge >= 0.3 is 0 Å². The summed E-state index contributed by atoms with van der Waals surface area (Å²) in [6.07, 6.45) is 1.43. The number of carbonyl (C=O) groups excluding carboxylic acids is 1. The Morgan fingerprint density at radius 1 is 1.47 bits per heavy atom. The molecule has 1 amide bonds. The summed E-state index contributed by atoms with van der Waals surface area (Å²) in [5.41, 5.74) is 0.849. The minimum Gasteiger partial charge on any atom is -0.368 e. The van der Waals surface area contributed by atoms with Gasteiger partial charge in [-0.25, -0.2) is 0 Å². The molecule has 1 aliphatic heterocycles. The lowest BCUT2D eigenvalue weighted by Crippen LogP contribution is -2.33. The second kappa shape index (κ2) is 5.71. The van der Waals surface area contributed by atoms with Crippen molar-refractivity contribution >= 4 is 29.1 Å². The van der Waals surface area contributed by atoms with Gasteiger partial charge in [-0.2, -0.15) is 0 Å². The van der Waals surface area contributed by atoms with Crippen molar-refractivity contribution in [3.63, 3.8) is 0 Å². The Bertz CT molecular complexity index is 417. The fourth-order valence-electron chi connectivity index (χ4n) is 1.75. The number of hydrogen-bond acceptors (Lipinski definition) is 2. The van der Waals surface area contributed by atoms with Crippen LogP contribution in [-0.4, -0.2) is 18.6 Å². The van der Waals surface area contributed by atoms with Crippen LogP contribution in [0.15, 0.2) is 18.2 Å². The molecule has 0 saturated carbocycles. The van der Waals surface area contributed by atoms with Gasteiger partial charge in [0.25, 0.3) is 0 Å². The number of nitrogens with one attached hydrogen (secondary N) is 1.